The van der Waals surface area contributed by atoms with E-state index in [0.29, 0.717) is 5.92 Å². The van der Waals surface area contributed by atoms with E-state index in [0.717, 1.165) is 36.6 Å². The number of benzene rings is 1. The van der Waals surface area contributed by atoms with E-state index < -0.39 is 0 Å². The minimum Gasteiger partial charge on any atom is -0.316 e. The van der Waals surface area contributed by atoms with Crippen LogP contribution in [0.15, 0.2) is 36.5 Å². The molecule has 1 aromatic carbocycles. The summed E-state index contributed by atoms with van der Waals surface area (Å²) in [5, 5.41) is 8.78. The molecule has 0 fully saturated rings. The third-order valence-corrected chi connectivity index (χ3v) is 3.64. The number of hydrogen-bond acceptors (Lipinski definition) is 2. The van der Waals surface area contributed by atoms with Gasteiger partial charge in [0.25, 0.3) is 0 Å². The molecule has 20 heavy (non-hydrogen) atoms. The molecule has 1 aromatic heterocycles. The van der Waals surface area contributed by atoms with Gasteiger partial charge in [-0.1, -0.05) is 30.7 Å². The van der Waals surface area contributed by atoms with Crippen molar-refractivity contribution in [1.29, 1.82) is 0 Å². The second-order valence-corrected chi connectivity index (χ2v) is 5.57. The second-order valence-electron chi connectivity index (χ2n) is 5.14. The van der Waals surface area contributed by atoms with Crippen LogP contribution in [0.4, 0.5) is 0 Å². The highest BCUT2D eigenvalue weighted by molar-refractivity contribution is 6.30. The molecule has 0 amide bonds. The predicted octanol–water partition coefficient (Wildman–Crippen LogP) is 3.40. The van der Waals surface area contributed by atoms with Gasteiger partial charge in [0.05, 0.1) is 5.69 Å². The predicted molar refractivity (Wildman–Crippen MR) is 84.3 cm³/mol. The summed E-state index contributed by atoms with van der Waals surface area (Å²) in [4.78, 5) is 0. The molecule has 1 N–H and O–H groups in total. The third-order valence-electron chi connectivity index (χ3n) is 3.38. The molecule has 0 aliphatic carbocycles. The first-order chi connectivity index (χ1) is 9.69. The van der Waals surface area contributed by atoms with Gasteiger partial charge < -0.3 is 5.32 Å². The van der Waals surface area contributed by atoms with Crippen LogP contribution in [0, 0.1) is 0 Å². The quantitative estimate of drug-likeness (QED) is 0.793. The lowest BCUT2D eigenvalue weighted by Crippen LogP contribution is -2.23. The van der Waals surface area contributed by atoms with E-state index in [1.54, 1.807) is 0 Å². The van der Waals surface area contributed by atoms with Crippen molar-refractivity contribution in [3.63, 3.8) is 0 Å². The van der Waals surface area contributed by atoms with Crippen LogP contribution in [-0.4, -0.2) is 22.9 Å². The zero-order valence-corrected chi connectivity index (χ0v) is 12.9. The summed E-state index contributed by atoms with van der Waals surface area (Å²) in [7, 11) is 1.95. The van der Waals surface area contributed by atoms with Crippen molar-refractivity contribution in [2.75, 3.05) is 13.1 Å². The van der Waals surface area contributed by atoms with Crippen molar-refractivity contribution in [3.8, 4) is 0 Å². The maximum Gasteiger partial charge on any atom is 0.0631 e. The Labute approximate surface area is 126 Å². The first-order valence-electron chi connectivity index (χ1n) is 7.13. The van der Waals surface area contributed by atoms with Crippen molar-refractivity contribution in [2.45, 2.75) is 25.7 Å². The Bertz CT molecular complexity index is 519. The minimum absolute atomic E-state index is 0.425. The summed E-state index contributed by atoms with van der Waals surface area (Å²) >= 11 is 5.98. The van der Waals surface area contributed by atoms with Gasteiger partial charge in [0.1, 0.15) is 0 Å². The van der Waals surface area contributed by atoms with Crippen molar-refractivity contribution in [3.05, 3.63) is 52.8 Å². The van der Waals surface area contributed by atoms with Crippen LogP contribution in [0.2, 0.25) is 5.02 Å². The molecule has 108 valence electrons. The average Bonchev–Trinajstić information content (AvgIpc) is 2.84. The topological polar surface area (TPSA) is 29.9 Å². The van der Waals surface area contributed by atoms with Gasteiger partial charge in [-0.25, -0.2) is 0 Å². The molecule has 0 spiro atoms. The van der Waals surface area contributed by atoms with E-state index in [9.17, 15) is 0 Å². The van der Waals surface area contributed by atoms with Gasteiger partial charge >= 0.3 is 0 Å². The van der Waals surface area contributed by atoms with Crippen LogP contribution < -0.4 is 5.32 Å². The zero-order valence-electron chi connectivity index (χ0n) is 12.1. The van der Waals surface area contributed by atoms with Crippen molar-refractivity contribution in [1.82, 2.24) is 15.1 Å². The van der Waals surface area contributed by atoms with Gasteiger partial charge in [0.2, 0.25) is 0 Å². The number of halogens is 1. The highest BCUT2D eigenvalue weighted by Crippen LogP contribution is 2.21. The van der Waals surface area contributed by atoms with Gasteiger partial charge in [0.15, 0.2) is 0 Å². The van der Waals surface area contributed by atoms with Crippen LogP contribution in [0.5, 0.6) is 0 Å². The van der Waals surface area contributed by atoms with Crippen molar-refractivity contribution in [2.24, 2.45) is 7.05 Å². The highest BCUT2D eigenvalue weighted by atomic mass is 35.5. The maximum absolute atomic E-state index is 5.98. The highest BCUT2D eigenvalue weighted by Gasteiger charge is 2.13. The summed E-state index contributed by atoms with van der Waals surface area (Å²) in [5.41, 5.74) is 2.44. The zero-order chi connectivity index (χ0) is 14.4. The summed E-state index contributed by atoms with van der Waals surface area (Å²) in [6.07, 6.45) is 4.09. The monoisotopic (exact) mass is 291 g/mol. The number of rotatable bonds is 7. The van der Waals surface area contributed by atoms with E-state index in [4.69, 9.17) is 11.6 Å². The minimum atomic E-state index is 0.425. The SMILES string of the molecule is CCCNCC(Cc1ccn(C)n1)c1ccc(Cl)cc1. The molecule has 0 aliphatic rings. The Kier molecular flexibility index (Phi) is 5.62. The molecule has 0 saturated heterocycles. The Balaban J connectivity index is 2.09. The maximum atomic E-state index is 5.98. The second kappa shape index (κ2) is 7.46. The molecule has 2 aromatic rings. The molecular weight excluding hydrogens is 270 g/mol. The van der Waals surface area contributed by atoms with E-state index in [1.165, 1.54) is 5.56 Å². The number of hydrogen-bond donors (Lipinski definition) is 1. The average molecular weight is 292 g/mol. The standard InChI is InChI=1S/C16H22ClN3/c1-3-9-18-12-14(11-16-8-10-20(2)19-16)13-4-6-15(17)7-5-13/h4-8,10,14,18H,3,9,11-12H2,1-2H3. The first kappa shape index (κ1) is 15.1. The van der Waals surface area contributed by atoms with Crippen molar-refractivity contribution < 1.29 is 0 Å². The third kappa shape index (κ3) is 4.36. The molecule has 4 heteroatoms. The van der Waals surface area contributed by atoms with Gasteiger partial charge in [-0.15, -0.1) is 0 Å². The normalized spacial score (nSPS) is 12.6. The van der Waals surface area contributed by atoms with E-state index >= 15 is 0 Å². The van der Waals surface area contributed by atoms with E-state index in [2.05, 4.69) is 35.5 Å². The molecule has 2 rings (SSSR count). The van der Waals surface area contributed by atoms with E-state index in [-0.39, 0.29) is 0 Å². The number of aryl methyl sites for hydroxylation is 1. The van der Waals surface area contributed by atoms with Crippen LogP contribution >= 0.6 is 11.6 Å². The van der Waals surface area contributed by atoms with Crippen molar-refractivity contribution >= 4 is 11.6 Å². The summed E-state index contributed by atoms with van der Waals surface area (Å²) in [6.45, 7) is 4.20. The molecule has 0 saturated carbocycles. The molecule has 1 atom stereocenters. The molecule has 1 heterocycles. The van der Waals surface area contributed by atoms with Crippen LogP contribution in [0.3, 0.4) is 0 Å². The fourth-order valence-corrected chi connectivity index (χ4v) is 2.45. The Morgan fingerprint density at radius 3 is 2.60 bits per heavy atom. The lowest BCUT2D eigenvalue weighted by Gasteiger charge is -2.17. The lowest BCUT2D eigenvalue weighted by atomic mass is 9.94. The lowest BCUT2D eigenvalue weighted by molar-refractivity contribution is 0.568. The number of nitrogens with zero attached hydrogens (tertiary/aromatic N) is 2. The molecule has 0 bridgehead atoms. The Morgan fingerprint density at radius 2 is 2.00 bits per heavy atom. The summed E-state index contributed by atoms with van der Waals surface area (Å²) in [6, 6.07) is 10.2. The summed E-state index contributed by atoms with van der Waals surface area (Å²) < 4.78 is 1.85. The van der Waals surface area contributed by atoms with Gasteiger partial charge in [-0.2, -0.15) is 5.10 Å². The smallest absolute Gasteiger partial charge is 0.0631 e. The van der Waals surface area contributed by atoms with E-state index in [1.807, 2.05) is 30.1 Å². The Hall–Kier alpha value is -1.32. The van der Waals surface area contributed by atoms with Gasteiger partial charge in [-0.05, 0) is 43.1 Å². The fourth-order valence-electron chi connectivity index (χ4n) is 2.32. The fraction of sp³-hybridized carbons (Fsp3) is 0.438. The molecule has 1 unspecified atom stereocenters. The molecule has 0 radical (unpaired) electrons. The molecule has 3 nitrogen and oxygen atoms in total. The number of nitrogens with one attached hydrogen (secondary N) is 1. The van der Waals surface area contributed by atoms with Gasteiger partial charge in [0, 0.05) is 30.7 Å². The largest absolute Gasteiger partial charge is 0.316 e. The van der Waals surface area contributed by atoms with Crippen LogP contribution in [0.1, 0.15) is 30.5 Å². The number of aromatic nitrogens is 2. The van der Waals surface area contributed by atoms with Gasteiger partial charge in [-0.3, -0.25) is 4.68 Å². The molecule has 0 aliphatic heterocycles. The Morgan fingerprint density at radius 1 is 1.25 bits per heavy atom. The first-order valence-corrected chi connectivity index (χ1v) is 7.51. The molecular formula is C16H22ClN3. The van der Waals surface area contributed by atoms with Crippen LogP contribution in [0.25, 0.3) is 0 Å². The van der Waals surface area contributed by atoms with Crippen LogP contribution in [-0.2, 0) is 13.5 Å². The summed E-state index contributed by atoms with van der Waals surface area (Å²) in [5.74, 6) is 0.425.